The van der Waals surface area contributed by atoms with Gasteiger partial charge in [0.25, 0.3) is 0 Å². The van der Waals surface area contributed by atoms with E-state index in [0.29, 0.717) is 0 Å². The quantitative estimate of drug-likeness (QED) is 0.921. The van der Waals surface area contributed by atoms with Crippen LogP contribution >= 0.6 is 0 Å². The Bertz CT molecular complexity index is 679. The fraction of sp³-hybridized carbons (Fsp3) is 0.579. The third-order valence-corrected chi connectivity index (χ3v) is 5.53. The molecule has 4 heterocycles. The van der Waals surface area contributed by atoms with Crippen molar-refractivity contribution in [1.82, 2.24) is 24.8 Å². The van der Waals surface area contributed by atoms with Crippen LogP contribution in [0.5, 0.6) is 0 Å². The molecule has 134 valence electrons. The summed E-state index contributed by atoms with van der Waals surface area (Å²) in [6, 6.07) is 4.22. The summed E-state index contributed by atoms with van der Waals surface area (Å²) in [6.45, 7) is 8.97. The highest BCUT2D eigenvalue weighted by Crippen LogP contribution is 2.31. The summed E-state index contributed by atoms with van der Waals surface area (Å²) in [5.74, 6) is 1.05. The molecule has 2 aliphatic rings. The van der Waals surface area contributed by atoms with Crippen LogP contribution in [0.3, 0.4) is 0 Å². The summed E-state index contributed by atoms with van der Waals surface area (Å²) in [6.07, 6.45) is 7.77. The maximum atomic E-state index is 6.28. The molecule has 1 N–H and O–H groups in total. The fourth-order valence-corrected chi connectivity index (χ4v) is 4.00. The predicted octanol–water partition coefficient (Wildman–Crippen LogP) is 1.98. The van der Waals surface area contributed by atoms with E-state index in [1.807, 2.05) is 24.7 Å². The zero-order valence-corrected chi connectivity index (χ0v) is 14.9. The van der Waals surface area contributed by atoms with Crippen LogP contribution in [0.4, 0.5) is 0 Å². The minimum atomic E-state index is 0.0219. The molecule has 0 saturated carbocycles. The summed E-state index contributed by atoms with van der Waals surface area (Å²) >= 11 is 0. The van der Waals surface area contributed by atoms with E-state index in [-0.39, 0.29) is 5.60 Å². The molecule has 0 aromatic carbocycles. The van der Waals surface area contributed by atoms with Crippen molar-refractivity contribution < 1.29 is 4.74 Å². The number of imidazole rings is 1. The zero-order valence-electron chi connectivity index (χ0n) is 14.9. The van der Waals surface area contributed by atoms with Crippen LogP contribution in [-0.2, 0) is 17.8 Å². The van der Waals surface area contributed by atoms with Crippen molar-refractivity contribution in [2.24, 2.45) is 0 Å². The molecule has 2 fully saturated rings. The van der Waals surface area contributed by atoms with Gasteiger partial charge in [0.2, 0.25) is 0 Å². The molecule has 0 bridgehead atoms. The van der Waals surface area contributed by atoms with Crippen molar-refractivity contribution in [2.45, 2.75) is 38.5 Å². The first-order valence-corrected chi connectivity index (χ1v) is 9.20. The monoisotopic (exact) mass is 341 g/mol. The molecule has 4 rings (SSSR count). The van der Waals surface area contributed by atoms with Crippen molar-refractivity contribution in [1.29, 1.82) is 0 Å². The molecule has 2 aromatic heterocycles. The Hall–Kier alpha value is -1.76. The minimum Gasteiger partial charge on any atom is -0.372 e. The lowest BCUT2D eigenvalue weighted by Crippen LogP contribution is -2.56. The number of aromatic nitrogens is 3. The highest BCUT2D eigenvalue weighted by Gasteiger charge is 2.39. The average Bonchev–Trinajstić information content (AvgIpc) is 3.13. The number of aryl methyl sites for hydroxylation is 1. The van der Waals surface area contributed by atoms with Crippen LogP contribution in [0.25, 0.3) is 0 Å². The molecule has 6 heteroatoms. The van der Waals surface area contributed by atoms with E-state index in [9.17, 15) is 0 Å². The normalized spacial score (nSPS) is 21.6. The van der Waals surface area contributed by atoms with Crippen LogP contribution < -0.4 is 0 Å². The lowest BCUT2D eigenvalue weighted by Gasteiger charge is -2.47. The Morgan fingerprint density at radius 3 is 2.76 bits per heavy atom. The number of nitrogens with one attached hydrogen (secondary N) is 1. The number of nitrogens with zero attached hydrogens (tertiary/aromatic N) is 4. The number of morpholine rings is 1. The van der Waals surface area contributed by atoms with Crippen LogP contribution in [0.1, 0.15) is 29.9 Å². The summed E-state index contributed by atoms with van der Waals surface area (Å²) < 4.78 is 6.28. The average molecular weight is 341 g/mol. The summed E-state index contributed by atoms with van der Waals surface area (Å²) in [4.78, 5) is 17.0. The number of likely N-dealkylation sites (tertiary alicyclic amines) is 1. The van der Waals surface area contributed by atoms with Crippen LogP contribution in [0.15, 0.2) is 30.7 Å². The van der Waals surface area contributed by atoms with Gasteiger partial charge in [0.1, 0.15) is 5.82 Å². The second kappa shape index (κ2) is 7.23. The molecule has 6 nitrogen and oxygen atoms in total. The van der Waals surface area contributed by atoms with Crippen molar-refractivity contribution in [3.8, 4) is 0 Å². The van der Waals surface area contributed by atoms with Crippen molar-refractivity contribution >= 4 is 0 Å². The molecular weight excluding hydrogens is 314 g/mol. The Morgan fingerprint density at radius 1 is 1.12 bits per heavy atom. The molecule has 2 saturated heterocycles. The first-order chi connectivity index (χ1) is 12.2. The van der Waals surface area contributed by atoms with Crippen molar-refractivity contribution in [3.05, 3.63) is 47.8 Å². The second-order valence-corrected chi connectivity index (χ2v) is 7.30. The van der Waals surface area contributed by atoms with Gasteiger partial charge >= 0.3 is 0 Å². The molecule has 0 radical (unpaired) electrons. The molecule has 1 spiro atoms. The lowest BCUT2D eigenvalue weighted by molar-refractivity contribution is -0.138. The number of hydrogen-bond donors (Lipinski definition) is 1. The topological polar surface area (TPSA) is 57.3 Å². The van der Waals surface area contributed by atoms with E-state index in [1.165, 1.54) is 5.56 Å². The molecule has 0 atom stereocenters. The number of hydrogen-bond acceptors (Lipinski definition) is 5. The van der Waals surface area contributed by atoms with Gasteiger partial charge in [-0.3, -0.25) is 14.8 Å². The van der Waals surface area contributed by atoms with Crippen molar-refractivity contribution in [3.63, 3.8) is 0 Å². The lowest BCUT2D eigenvalue weighted by atomic mass is 9.89. The molecular formula is C19H27N5O. The van der Waals surface area contributed by atoms with Gasteiger partial charge < -0.3 is 9.72 Å². The van der Waals surface area contributed by atoms with Crippen LogP contribution in [0.2, 0.25) is 0 Å². The number of aromatic amines is 1. The summed E-state index contributed by atoms with van der Waals surface area (Å²) in [7, 11) is 0. The second-order valence-electron chi connectivity index (χ2n) is 7.30. The van der Waals surface area contributed by atoms with Gasteiger partial charge in [-0.05, 0) is 31.4 Å². The Labute approximate surface area is 149 Å². The number of ether oxygens (including phenoxy) is 1. The first kappa shape index (κ1) is 16.7. The molecule has 2 aliphatic heterocycles. The van der Waals surface area contributed by atoms with E-state index in [4.69, 9.17) is 4.74 Å². The highest BCUT2D eigenvalue weighted by molar-refractivity contribution is 5.18. The maximum absolute atomic E-state index is 6.28. The fourth-order valence-electron chi connectivity index (χ4n) is 4.00. The molecule has 0 aliphatic carbocycles. The van der Waals surface area contributed by atoms with Gasteiger partial charge in [-0.2, -0.15) is 0 Å². The van der Waals surface area contributed by atoms with Gasteiger partial charge in [0, 0.05) is 57.0 Å². The third kappa shape index (κ3) is 3.92. The number of pyridine rings is 1. The van der Waals surface area contributed by atoms with Gasteiger partial charge in [0.05, 0.1) is 18.8 Å². The molecule has 25 heavy (non-hydrogen) atoms. The Morgan fingerprint density at radius 2 is 2.00 bits per heavy atom. The zero-order chi connectivity index (χ0) is 17.1. The first-order valence-electron chi connectivity index (χ1n) is 9.20. The van der Waals surface area contributed by atoms with Crippen molar-refractivity contribution in [2.75, 3.05) is 32.8 Å². The summed E-state index contributed by atoms with van der Waals surface area (Å²) in [5.41, 5.74) is 2.49. The number of H-pyrrole nitrogens is 1. The number of rotatable bonds is 4. The van der Waals surface area contributed by atoms with Gasteiger partial charge in [0.15, 0.2) is 0 Å². The third-order valence-electron chi connectivity index (χ3n) is 5.53. The van der Waals surface area contributed by atoms with Crippen LogP contribution in [0, 0.1) is 6.92 Å². The highest BCUT2D eigenvalue weighted by atomic mass is 16.5. The number of piperidine rings is 1. The standard InChI is InChI=1S/C19H27N5O/c1-16-17(3-2-6-20-16)13-24-11-12-25-19(15-24)4-9-23(10-5-19)14-18-21-7-8-22-18/h2-3,6-8H,4-5,9-15H2,1H3,(H,21,22). The van der Waals surface area contributed by atoms with Crippen LogP contribution in [-0.4, -0.2) is 63.1 Å². The van der Waals surface area contributed by atoms with Gasteiger partial charge in [-0.15, -0.1) is 0 Å². The van der Waals surface area contributed by atoms with Gasteiger partial charge in [-0.25, -0.2) is 4.98 Å². The Balaban J connectivity index is 1.34. The largest absolute Gasteiger partial charge is 0.372 e. The van der Waals surface area contributed by atoms with E-state index in [2.05, 4.69) is 37.7 Å². The summed E-state index contributed by atoms with van der Waals surface area (Å²) in [5, 5.41) is 0. The molecule has 2 aromatic rings. The SMILES string of the molecule is Cc1ncccc1CN1CCOC2(CCN(Cc3ncc[nH]3)CC2)C1. The molecule has 0 unspecified atom stereocenters. The predicted molar refractivity (Wildman–Crippen MR) is 96.0 cm³/mol. The van der Waals surface area contributed by atoms with Gasteiger partial charge in [-0.1, -0.05) is 6.07 Å². The van der Waals surface area contributed by atoms with E-state index >= 15 is 0 Å². The molecule has 0 amide bonds. The van der Waals surface area contributed by atoms with E-state index in [0.717, 1.165) is 70.2 Å². The van der Waals surface area contributed by atoms with E-state index in [1.54, 1.807) is 0 Å². The maximum Gasteiger partial charge on any atom is 0.120 e. The Kier molecular flexibility index (Phi) is 4.83. The van der Waals surface area contributed by atoms with E-state index < -0.39 is 0 Å². The minimum absolute atomic E-state index is 0.0219. The smallest absolute Gasteiger partial charge is 0.120 e.